The molecule has 0 saturated carbocycles. The van der Waals surface area contributed by atoms with Gasteiger partial charge in [-0.15, -0.1) is 0 Å². The standard InChI is InChI=1S/C10H6Br2Te2/c11-14(12,10-7-3-4-8-10)13-9-5-1-2-6-9/h1-5,7H. The summed E-state index contributed by atoms with van der Waals surface area (Å²) in [7, 11) is -2.11. The molecule has 0 aromatic heterocycles. The summed E-state index contributed by atoms with van der Waals surface area (Å²) in [5.74, 6) is 0. The van der Waals surface area contributed by atoms with E-state index in [4.69, 9.17) is 0 Å². The normalized spacial score (nSPS) is 19.0. The summed E-state index contributed by atoms with van der Waals surface area (Å²) in [5, 5.41) is 0. The van der Waals surface area contributed by atoms with Crippen LogP contribution in [0.25, 0.3) is 0 Å². The van der Waals surface area contributed by atoms with Crippen LogP contribution in [0.15, 0.2) is 55.2 Å². The maximum absolute atomic E-state index is 3.90. The van der Waals surface area contributed by atoms with Crippen LogP contribution in [0.4, 0.5) is 0 Å². The molecule has 0 heterocycles. The molecule has 0 amide bonds. The molecule has 0 N–H and O–H groups in total. The second-order valence-electron chi connectivity index (χ2n) is 2.57. The van der Waals surface area contributed by atoms with Crippen molar-refractivity contribution in [3.05, 3.63) is 55.2 Å². The van der Waals surface area contributed by atoms with Gasteiger partial charge in [0.15, 0.2) is 0 Å². The summed E-state index contributed by atoms with van der Waals surface area (Å²) in [6, 6.07) is 0. The Hall–Kier alpha value is 1.06. The van der Waals surface area contributed by atoms with Crippen LogP contribution >= 0.6 is 25.5 Å². The summed E-state index contributed by atoms with van der Waals surface area (Å²) in [6.07, 6.45) is 12.4. The van der Waals surface area contributed by atoms with Gasteiger partial charge in [-0.2, -0.15) is 0 Å². The van der Waals surface area contributed by atoms with E-state index < -0.39 is 9.90 Å². The van der Waals surface area contributed by atoms with Crippen LogP contribution in [0.1, 0.15) is 0 Å². The fourth-order valence-electron chi connectivity index (χ4n) is 0.985. The zero-order chi connectivity index (χ0) is 10.0. The van der Waals surface area contributed by atoms with E-state index in [-0.39, 0.29) is 17.1 Å². The van der Waals surface area contributed by atoms with E-state index in [1.165, 1.54) is 7.24 Å². The third-order valence-corrected chi connectivity index (χ3v) is 33.1. The van der Waals surface area contributed by atoms with Gasteiger partial charge in [-0.05, 0) is 0 Å². The first-order valence-corrected chi connectivity index (χ1v) is 24.0. The molecular weight excluding hydrogens is 535 g/mol. The van der Waals surface area contributed by atoms with Crippen molar-refractivity contribution in [3.8, 4) is 0 Å². The monoisotopic (exact) mass is 544 g/mol. The minimum absolute atomic E-state index is 0.189. The Morgan fingerprint density at radius 2 is 1.79 bits per heavy atom. The van der Waals surface area contributed by atoms with E-state index in [0.717, 1.165) is 0 Å². The number of hydrogen-bond donors (Lipinski definition) is 0. The molecule has 2 aliphatic rings. The van der Waals surface area contributed by atoms with Crippen molar-refractivity contribution < 1.29 is 0 Å². The molecule has 4 heteroatoms. The second-order valence-corrected chi connectivity index (χ2v) is 57.5. The second kappa shape index (κ2) is 4.93. The van der Waals surface area contributed by atoms with Crippen molar-refractivity contribution in [2.24, 2.45) is 0 Å². The summed E-state index contributed by atoms with van der Waals surface area (Å²) in [6.45, 7) is 0. The topological polar surface area (TPSA) is 0 Å². The Morgan fingerprint density at radius 3 is 2.36 bits per heavy atom. The molecule has 0 atom stereocenters. The van der Waals surface area contributed by atoms with Crippen molar-refractivity contribution in [2.75, 3.05) is 0 Å². The number of rotatable bonds is 3. The van der Waals surface area contributed by atoms with Crippen LogP contribution in [0.2, 0.25) is 0 Å². The van der Waals surface area contributed by atoms with Crippen LogP contribution in [-0.2, 0) is 0 Å². The Labute approximate surface area is 106 Å². The van der Waals surface area contributed by atoms with E-state index in [0.29, 0.717) is 0 Å². The predicted octanol–water partition coefficient (Wildman–Crippen LogP) is 3.22. The van der Waals surface area contributed by atoms with E-state index >= 15 is 0 Å². The van der Waals surface area contributed by atoms with Gasteiger partial charge in [-0.25, -0.2) is 0 Å². The van der Waals surface area contributed by atoms with E-state index in [9.17, 15) is 0 Å². The van der Waals surface area contributed by atoms with Gasteiger partial charge in [-0.3, -0.25) is 0 Å². The van der Waals surface area contributed by atoms with Gasteiger partial charge < -0.3 is 0 Å². The summed E-state index contributed by atoms with van der Waals surface area (Å²) < 4.78 is 2.77. The molecule has 72 valence electrons. The zero-order valence-corrected chi connectivity index (χ0v) is 14.9. The SMILES string of the molecule is Br[Te](Br)([Te]C1=C=CC=C1)C1=C=CC=C1. The van der Waals surface area contributed by atoms with Crippen molar-refractivity contribution in [1.29, 1.82) is 0 Å². The fraction of sp³-hybridized carbons (Fsp3) is 0. The van der Waals surface area contributed by atoms with Gasteiger partial charge in [0, 0.05) is 0 Å². The minimum atomic E-state index is -2.11. The van der Waals surface area contributed by atoms with Crippen molar-refractivity contribution in [2.45, 2.75) is 0 Å². The Kier molecular flexibility index (Phi) is 4.06. The molecule has 2 rings (SSSR count). The molecule has 2 aliphatic carbocycles. The molecule has 0 spiro atoms. The van der Waals surface area contributed by atoms with Crippen LogP contribution < -0.4 is 0 Å². The number of hydrogen-bond acceptors (Lipinski definition) is 0. The molecular formula is C10H6Br2Te2. The molecule has 0 aromatic carbocycles. The van der Waals surface area contributed by atoms with Crippen molar-refractivity contribution in [3.63, 3.8) is 0 Å². The molecule has 0 nitrogen and oxygen atoms in total. The quantitative estimate of drug-likeness (QED) is 0.381. The average Bonchev–Trinajstić information content (AvgIpc) is 2.71. The zero-order valence-electron chi connectivity index (χ0n) is 7.04. The van der Waals surface area contributed by atoms with Crippen LogP contribution in [0, 0.1) is 0 Å². The van der Waals surface area contributed by atoms with Gasteiger partial charge >= 0.3 is 108 Å². The first kappa shape index (κ1) is 11.5. The van der Waals surface area contributed by atoms with E-state index in [2.05, 4.69) is 61.3 Å². The van der Waals surface area contributed by atoms with Gasteiger partial charge in [0.25, 0.3) is 0 Å². The molecule has 0 radical (unpaired) electrons. The third kappa shape index (κ3) is 2.80. The van der Waals surface area contributed by atoms with Crippen LogP contribution in [0.5, 0.6) is 0 Å². The first-order valence-electron chi connectivity index (χ1n) is 3.87. The molecule has 0 unspecified atom stereocenters. The van der Waals surface area contributed by atoms with Gasteiger partial charge in [-0.1, -0.05) is 0 Å². The maximum atomic E-state index is 3.90. The van der Waals surface area contributed by atoms with Crippen LogP contribution in [-0.4, -0.2) is 27.0 Å². The Bertz CT molecular complexity index is 443. The molecule has 0 fully saturated rings. The summed E-state index contributed by atoms with van der Waals surface area (Å²) in [4.78, 5) is 0. The fourth-order valence-corrected chi connectivity index (χ4v) is 29.4. The molecule has 0 aliphatic heterocycles. The van der Waals surface area contributed by atoms with Crippen molar-refractivity contribution in [1.82, 2.24) is 0 Å². The average molecular weight is 541 g/mol. The van der Waals surface area contributed by atoms with E-state index in [1.807, 2.05) is 12.2 Å². The molecule has 0 aromatic rings. The number of allylic oxidation sites excluding steroid dienone is 6. The molecule has 0 saturated heterocycles. The first-order chi connectivity index (χ1) is 6.68. The Balaban J connectivity index is 2.17. The number of halogens is 2. The summed E-state index contributed by atoms with van der Waals surface area (Å²) in [5.41, 5.74) is 6.59. The Morgan fingerprint density at radius 1 is 1.07 bits per heavy atom. The molecule has 0 bridgehead atoms. The van der Waals surface area contributed by atoms with Gasteiger partial charge in [0.05, 0.1) is 0 Å². The predicted molar refractivity (Wildman–Crippen MR) is 70.8 cm³/mol. The van der Waals surface area contributed by atoms with E-state index in [1.54, 1.807) is 0 Å². The molecule has 14 heavy (non-hydrogen) atoms. The van der Waals surface area contributed by atoms with Crippen molar-refractivity contribution >= 4 is 52.5 Å². The third-order valence-electron chi connectivity index (χ3n) is 1.59. The van der Waals surface area contributed by atoms with Gasteiger partial charge in [0.2, 0.25) is 0 Å². The summed E-state index contributed by atoms with van der Waals surface area (Å²) >= 11 is 7.62. The van der Waals surface area contributed by atoms with Gasteiger partial charge in [0.1, 0.15) is 0 Å². The van der Waals surface area contributed by atoms with Crippen LogP contribution in [0.3, 0.4) is 0 Å².